The number of hydrazine groups is 1. The Bertz CT molecular complexity index is 582. The van der Waals surface area contributed by atoms with E-state index in [1.165, 1.54) is 5.39 Å². The number of nitrogens with one attached hydrogen (secondary N) is 2. The Morgan fingerprint density at radius 2 is 1.95 bits per heavy atom. The number of hydrogen-bond donors (Lipinski definition) is 2. The van der Waals surface area contributed by atoms with E-state index in [-0.39, 0.29) is 6.04 Å². The minimum absolute atomic E-state index is 0.0718. The lowest BCUT2D eigenvalue weighted by Crippen LogP contribution is -2.44. The summed E-state index contributed by atoms with van der Waals surface area (Å²) in [6.45, 7) is 2.04. The number of aromatic nitrogens is 1. The van der Waals surface area contributed by atoms with E-state index in [0.29, 0.717) is 5.11 Å². The maximum atomic E-state index is 5.16. The van der Waals surface area contributed by atoms with E-state index in [2.05, 4.69) is 34.0 Å². The van der Waals surface area contributed by atoms with Crippen molar-refractivity contribution >= 4 is 28.1 Å². The van der Waals surface area contributed by atoms with Gasteiger partial charge in [-0.15, -0.1) is 0 Å². The topological polar surface area (TPSA) is 40.2 Å². The molecule has 2 aromatic rings. The maximum absolute atomic E-state index is 5.16. The minimum Gasteiger partial charge on any atom is -0.354 e. The largest absolute Gasteiger partial charge is 0.354 e. The zero-order valence-corrected chi connectivity index (χ0v) is 12.2. The van der Waals surface area contributed by atoms with Gasteiger partial charge in [-0.25, -0.2) is 5.43 Å². The van der Waals surface area contributed by atoms with Gasteiger partial charge in [-0.2, -0.15) is 0 Å². The number of nitrogens with zero attached hydrogens (tertiary/aromatic N) is 2. The molecule has 2 rings (SSSR count). The Balaban J connectivity index is 2.08. The van der Waals surface area contributed by atoms with Crippen molar-refractivity contribution in [2.75, 3.05) is 14.1 Å². The minimum atomic E-state index is 0.0718. The summed E-state index contributed by atoms with van der Waals surface area (Å²) in [6, 6.07) is 10.4. The summed E-state index contributed by atoms with van der Waals surface area (Å²) >= 11 is 5.16. The molecule has 19 heavy (non-hydrogen) atoms. The average molecular weight is 274 g/mol. The van der Waals surface area contributed by atoms with Crippen LogP contribution in [0.4, 0.5) is 0 Å². The van der Waals surface area contributed by atoms with Gasteiger partial charge >= 0.3 is 0 Å². The van der Waals surface area contributed by atoms with Gasteiger partial charge in [0.05, 0.1) is 11.7 Å². The van der Waals surface area contributed by atoms with Gasteiger partial charge in [0.25, 0.3) is 0 Å². The molecule has 0 fully saturated rings. The number of hydrogen-bond acceptors (Lipinski definition) is 3. The number of rotatable bonds is 3. The normalized spacial score (nSPS) is 12.2. The molecule has 0 spiro atoms. The highest BCUT2D eigenvalue weighted by molar-refractivity contribution is 7.80. The third kappa shape index (κ3) is 3.39. The van der Waals surface area contributed by atoms with Gasteiger partial charge in [0.2, 0.25) is 0 Å². The van der Waals surface area contributed by atoms with E-state index < -0.39 is 0 Å². The zero-order valence-electron chi connectivity index (χ0n) is 11.3. The fourth-order valence-electron chi connectivity index (χ4n) is 1.69. The number of thiocarbonyl (C=S) groups is 1. The molecule has 0 saturated carbocycles. The molecule has 5 heteroatoms. The summed E-state index contributed by atoms with van der Waals surface area (Å²) in [4.78, 5) is 6.31. The van der Waals surface area contributed by atoms with E-state index in [4.69, 9.17) is 12.2 Å². The highest BCUT2D eigenvalue weighted by atomic mass is 32.1. The van der Waals surface area contributed by atoms with Crippen molar-refractivity contribution in [2.24, 2.45) is 0 Å². The van der Waals surface area contributed by atoms with Crippen LogP contribution in [0, 0.1) is 0 Å². The fourth-order valence-corrected chi connectivity index (χ4v) is 1.75. The van der Waals surface area contributed by atoms with E-state index in [1.807, 2.05) is 44.2 Å². The Morgan fingerprint density at radius 1 is 1.26 bits per heavy atom. The number of pyridine rings is 1. The molecule has 0 amide bonds. The van der Waals surface area contributed by atoms with Crippen LogP contribution < -0.4 is 10.9 Å². The molecule has 0 bridgehead atoms. The smallest absolute Gasteiger partial charge is 0.182 e. The molecule has 0 aliphatic heterocycles. The standard InChI is InChI=1S/C14H18N4S/c1-10(16-17-14(19)18(2)3)13-8-11-6-4-5-7-12(11)9-15-13/h4-10,16H,1-3H3,(H,17,19). The van der Waals surface area contributed by atoms with Crippen LogP contribution in [0.15, 0.2) is 36.5 Å². The van der Waals surface area contributed by atoms with E-state index in [0.717, 1.165) is 11.1 Å². The van der Waals surface area contributed by atoms with Crippen molar-refractivity contribution in [3.05, 3.63) is 42.2 Å². The zero-order chi connectivity index (χ0) is 13.8. The highest BCUT2D eigenvalue weighted by Crippen LogP contribution is 2.17. The molecular formula is C14H18N4S. The number of benzene rings is 1. The summed E-state index contributed by atoms with van der Waals surface area (Å²) in [7, 11) is 3.80. The van der Waals surface area contributed by atoms with Gasteiger partial charge in [0.15, 0.2) is 5.11 Å². The molecule has 0 aliphatic carbocycles. The van der Waals surface area contributed by atoms with Gasteiger partial charge in [-0.1, -0.05) is 24.3 Å². The first-order valence-electron chi connectivity index (χ1n) is 6.15. The molecule has 0 saturated heterocycles. The number of fused-ring (bicyclic) bond motifs is 1. The van der Waals surface area contributed by atoms with Crippen LogP contribution in [0.5, 0.6) is 0 Å². The van der Waals surface area contributed by atoms with Crippen molar-refractivity contribution in [3.8, 4) is 0 Å². The lowest BCUT2D eigenvalue weighted by Gasteiger charge is -2.19. The SMILES string of the molecule is CC(NNC(=S)N(C)C)c1cc2ccccc2cn1. The average Bonchev–Trinajstić information content (AvgIpc) is 2.43. The second kappa shape index (κ2) is 5.95. The van der Waals surface area contributed by atoms with E-state index in [9.17, 15) is 0 Å². The molecule has 1 aromatic carbocycles. The van der Waals surface area contributed by atoms with Gasteiger partial charge in [0.1, 0.15) is 0 Å². The van der Waals surface area contributed by atoms with Crippen molar-refractivity contribution in [1.82, 2.24) is 20.7 Å². The first kappa shape index (κ1) is 13.7. The highest BCUT2D eigenvalue weighted by Gasteiger charge is 2.08. The van der Waals surface area contributed by atoms with Gasteiger partial charge in [-0.3, -0.25) is 10.4 Å². The van der Waals surface area contributed by atoms with Crippen LogP contribution in [0.3, 0.4) is 0 Å². The quantitative estimate of drug-likeness (QED) is 0.663. The Kier molecular flexibility index (Phi) is 4.29. The van der Waals surface area contributed by atoms with Crippen molar-refractivity contribution in [3.63, 3.8) is 0 Å². The van der Waals surface area contributed by atoms with E-state index in [1.54, 1.807) is 0 Å². The van der Waals surface area contributed by atoms with Crippen molar-refractivity contribution in [1.29, 1.82) is 0 Å². The first-order chi connectivity index (χ1) is 9.08. The third-order valence-corrected chi connectivity index (χ3v) is 3.36. The van der Waals surface area contributed by atoms with E-state index >= 15 is 0 Å². The van der Waals surface area contributed by atoms with Gasteiger partial charge in [0, 0.05) is 25.7 Å². The predicted molar refractivity (Wildman–Crippen MR) is 82.7 cm³/mol. The molecular weight excluding hydrogens is 256 g/mol. The lowest BCUT2D eigenvalue weighted by atomic mass is 10.1. The monoisotopic (exact) mass is 274 g/mol. The van der Waals surface area contributed by atoms with Crippen LogP contribution >= 0.6 is 12.2 Å². The van der Waals surface area contributed by atoms with Crippen LogP contribution in [0.2, 0.25) is 0 Å². The summed E-state index contributed by atoms with van der Waals surface area (Å²) in [6.07, 6.45) is 1.90. The second-order valence-electron chi connectivity index (χ2n) is 4.65. The first-order valence-corrected chi connectivity index (χ1v) is 6.56. The Hall–Kier alpha value is -1.72. The predicted octanol–water partition coefficient (Wildman–Crippen LogP) is 2.24. The Labute approximate surface area is 118 Å². The van der Waals surface area contributed by atoms with Crippen LogP contribution in [-0.4, -0.2) is 29.1 Å². The third-order valence-electron chi connectivity index (χ3n) is 2.90. The van der Waals surface area contributed by atoms with Gasteiger partial charge in [-0.05, 0) is 30.6 Å². The van der Waals surface area contributed by atoms with Crippen LogP contribution in [-0.2, 0) is 0 Å². The molecule has 4 nitrogen and oxygen atoms in total. The molecule has 100 valence electrons. The summed E-state index contributed by atoms with van der Waals surface area (Å²) < 4.78 is 0. The second-order valence-corrected chi connectivity index (χ2v) is 5.03. The molecule has 1 heterocycles. The fraction of sp³-hybridized carbons (Fsp3) is 0.286. The lowest BCUT2D eigenvalue weighted by molar-refractivity contribution is 0.497. The summed E-state index contributed by atoms with van der Waals surface area (Å²) in [5.74, 6) is 0. The molecule has 2 N–H and O–H groups in total. The molecule has 1 aromatic heterocycles. The van der Waals surface area contributed by atoms with Gasteiger partial charge < -0.3 is 4.90 Å². The Morgan fingerprint density at radius 3 is 2.63 bits per heavy atom. The van der Waals surface area contributed by atoms with Crippen molar-refractivity contribution < 1.29 is 0 Å². The van der Waals surface area contributed by atoms with Crippen molar-refractivity contribution in [2.45, 2.75) is 13.0 Å². The van der Waals surface area contributed by atoms with Crippen LogP contribution in [0.1, 0.15) is 18.7 Å². The van der Waals surface area contributed by atoms with Crippen LogP contribution in [0.25, 0.3) is 10.8 Å². The molecule has 1 unspecified atom stereocenters. The summed E-state index contributed by atoms with van der Waals surface area (Å²) in [5.41, 5.74) is 7.12. The molecule has 0 aliphatic rings. The molecule has 1 atom stereocenters. The molecule has 0 radical (unpaired) electrons. The summed E-state index contributed by atoms with van der Waals surface area (Å²) in [5, 5.41) is 2.99. The maximum Gasteiger partial charge on any atom is 0.182 e.